The number of nitrogens with zero attached hydrogens (tertiary/aromatic N) is 2. The lowest BCUT2D eigenvalue weighted by molar-refractivity contribution is -0.140. The first-order valence-electron chi connectivity index (χ1n) is 13.2. The lowest BCUT2D eigenvalue weighted by Gasteiger charge is -2.29. The molecule has 1 unspecified atom stereocenters. The molecule has 0 saturated heterocycles. The van der Waals surface area contributed by atoms with E-state index in [0.717, 1.165) is 24.6 Å². The number of halogens is 4. The Balaban J connectivity index is 1.51. The van der Waals surface area contributed by atoms with Crippen LogP contribution in [0, 0.1) is 5.82 Å². The Kier molecular flexibility index (Phi) is 9.18. The average Bonchev–Trinajstić information content (AvgIpc) is 3.31. The Hall–Kier alpha value is -4.10. The topological polar surface area (TPSA) is 147 Å². The largest absolute Gasteiger partial charge is 0.419 e. The number of fused-ring (bicyclic) bond motifs is 1. The Morgan fingerprint density at radius 1 is 1.15 bits per heavy atom. The quantitative estimate of drug-likeness (QED) is 0.105. The normalized spacial score (nSPS) is 17.3. The van der Waals surface area contributed by atoms with E-state index in [1.165, 1.54) is 11.0 Å². The number of hydrogen-bond donors (Lipinski definition) is 6. The van der Waals surface area contributed by atoms with Crippen molar-refractivity contribution in [2.45, 2.75) is 51.1 Å². The number of aliphatic imine (C=N–C) groups is 1. The summed E-state index contributed by atoms with van der Waals surface area (Å²) in [5, 5.41) is 9.01. The molecule has 0 spiro atoms. The van der Waals surface area contributed by atoms with Gasteiger partial charge in [-0.3, -0.25) is 9.89 Å². The molecule has 2 atom stereocenters. The van der Waals surface area contributed by atoms with Gasteiger partial charge in [-0.15, -0.1) is 0 Å². The van der Waals surface area contributed by atoms with Crippen LogP contribution in [0.4, 0.5) is 28.0 Å². The minimum atomic E-state index is -4.87. The molecule has 2 aromatic rings. The highest BCUT2D eigenvalue weighted by Gasteiger charge is 2.38. The smallest absolute Gasteiger partial charge is 0.370 e. The first-order valence-corrected chi connectivity index (χ1v) is 13.2. The number of benzene rings is 2. The number of rotatable bonds is 11. The molecule has 2 aromatic carbocycles. The number of nitrogens with one attached hydrogen (secondary N) is 3. The number of carbonyl (C=O) groups excluding carboxylic acids is 1. The number of alkyl halides is 3. The van der Waals surface area contributed by atoms with Crippen LogP contribution in [-0.4, -0.2) is 37.3 Å². The molecule has 2 heterocycles. The molecule has 41 heavy (non-hydrogen) atoms. The summed E-state index contributed by atoms with van der Waals surface area (Å²) in [6.45, 7) is 3.63. The molecular weight excluding hydrogens is 540 g/mol. The molecule has 0 bridgehead atoms. The first-order chi connectivity index (χ1) is 19.4. The van der Waals surface area contributed by atoms with Crippen molar-refractivity contribution in [2.75, 3.05) is 18.0 Å². The van der Waals surface area contributed by atoms with Crippen molar-refractivity contribution in [2.24, 2.45) is 22.2 Å². The third kappa shape index (κ3) is 7.55. The second-order valence-corrected chi connectivity index (χ2v) is 10.1. The van der Waals surface area contributed by atoms with Crippen molar-refractivity contribution in [3.63, 3.8) is 0 Å². The molecule has 9 N–H and O–H groups in total. The number of carbonyl (C=O) groups is 1. The monoisotopic (exact) mass is 574 g/mol. The minimum absolute atomic E-state index is 0.0636. The van der Waals surface area contributed by atoms with Crippen LogP contribution in [0.5, 0.6) is 0 Å². The SMILES string of the molecule is C[C@@H](N)CCc1cc(C2=CC3=CN(c4ccc(CNCCCN=C(N)N)cc4)C(=O)NC3N2)c(F)c(C(F)(F)F)c1. The van der Waals surface area contributed by atoms with Gasteiger partial charge >= 0.3 is 12.2 Å². The van der Waals surface area contributed by atoms with Crippen LogP contribution in [0.25, 0.3) is 5.70 Å². The van der Waals surface area contributed by atoms with Crippen molar-refractivity contribution >= 4 is 23.4 Å². The van der Waals surface area contributed by atoms with Gasteiger partial charge in [-0.25, -0.2) is 9.18 Å². The van der Waals surface area contributed by atoms with E-state index in [4.69, 9.17) is 17.2 Å². The number of nitrogens with two attached hydrogens (primary N) is 3. The summed E-state index contributed by atoms with van der Waals surface area (Å²) in [7, 11) is 0. The van der Waals surface area contributed by atoms with Gasteiger partial charge in [0.05, 0.1) is 11.3 Å². The molecular formula is C28H34F4N8O. The Labute approximate surface area is 235 Å². The molecule has 2 amide bonds. The van der Waals surface area contributed by atoms with E-state index in [9.17, 15) is 18.0 Å². The van der Waals surface area contributed by atoms with E-state index in [1.807, 2.05) is 12.1 Å². The van der Waals surface area contributed by atoms with Gasteiger partial charge in [0.15, 0.2) is 5.96 Å². The van der Waals surface area contributed by atoms with Crippen molar-refractivity contribution in [3.05, 3.63) is 82.3 Å². The summed E-state index contributed by atoms with van der Waals surface area (Å²) < 4.78 is 56.1. The Bertz CT molecular complexity index is 1350. The van der Waals surface area contributed by atoms with Gasteiger partial charge < -0.3 is 33.2 Å². The van der Waals surface area contributed by atoms with Gasteiger partial charge in [0.25, 0.3) is 0 Å². The van der Waals surface area contributed by atoms with Gasteiger partial charge in [-0.1, -0.05) is 12.1 Å². The lowest BCUT2D eigenvalue weighted by atomic mass is 9.98. The molecule has 13 heteroatoms. The fourth-order valence-electron chi connectivity index (χ4n) is 4.55. The first kappa shape index (κ1) is 29.9. The van der Waals surface area contributed by atoms with Crippen LogP contribution in [-0.2, 0) is 19.1 Å². The van der Waals surface area contributed by atoms with Crippen LogP contribution in [0.3, 0.4) is 0 Å². The molecule has 0 fully saturated rings. The van der Waals surface area contributed by atoms with E-state index in [0.29, 0.717) is 36.3 Å². The number of amides is 2. The maximum absolute atomic E-state index is 15.2. The second kappa shape index (κ2) is 12.6. The predicted molar refractivity (Wildman–Crippen MR) is 151 cm³/mol. The van der Waals surface area contributed by atoms with Crippen molar-refractivity contribution in [1.82, 2.24) is 16.0 Å². The summed E-state index contributed by atoms with van der Waals surface area (Å²) in [5.41, 5.74) is 17.5. The van der Waals surface area contributed by atoms with E-state index >= 15 is 4.39 Å². The highest BCUT2D eigenvalue weighted by Crippen LogP contribution is 2.37. The minimum Gasteiger partial charge on any atom is -0.370 e. The summed E-state index contributed by atoms with van der Waals surface area (Å²) >= 11 is 0. The Morgan fingerprint density at radius 3 is 2.54 bits per heavy atom. The molecule has 2 aliphatic heterocycles. The molecule has 2 aliphatic rings. The number of urea groups is 1. The average molecular weight is 575 g/mol. The maximum Gasteiger partial charge on any atom is 0.419 e. The number of anilines is 1. The summed E-state index contributed by atoms with van der Waals surface area (Å²) in [6, 6.07) is 8.92. The number of aryl methyl sites for hydroxylation is 1. The third-order valence-electron chi connectivity index (χ3n) is 6.67. The van der Waals surface area contributed by atoms with Gasteiger partial charge in [-0.2, -0.15) is 13.2 Å². The van der Waals surface area contributed by atoms with Gasteiger partial charge in [0, 0.05) is 42.2 Å². The molecule has 0 aromatic heterocycles. The van der Waals surface area contributed by atoms with Gasteiger partial charge in [-0.05, 0) is 74.2 Å². The highest BCUT2D eigenvalue weighted by molar-refractivity contribution is 5.96. The van der Waals surface area contributed by atoms with Gasteiger partial charge in [0.2, 0.25) is 0 Å². The summed E-state index contributed by atoms with van der Waals surface area (Å²) in [6.07, 6.45) is -0.953. The van der Waals surface area contributed by atoms with Crippen molar-refractivity contribution in [3.8, 4) is 0 Å². The zero-order chi connectivity index (χ0) is 29.7. The second-order valence-electron chi connectivity index (χ2n) is 10.1. The molecule has 9 nitrogen and oxygen atoms in total. The predicted octanol–water partition coefficient (Wildman–Crippen LogP) is 3.26. The zero-order valence-electron chi connectivity index (χ0n) is 22.6. The van der Waals surface area contributed by atoms with Crippen LogP contribution >= 0.6 is 0 Å². The zero-order valence-corrected chi connectivity index (χ0v) is 22.6. The van der Waals surface area contributed by atoms with E-state index in [-0.39, 0.29) is 29.7 Å². The maximum atomic E-state index is 15.2. The van der Waals surface area contributed by atoms with E-state index < -0.39 is 29.8 Å². The van der Waals surface area contributed by atoms with Crippen LogP contribution in [0.2, 0.25) is 0 Å². The molecule has 0 saturated carbocycles. The number of guanidine groups is 1. The fraction of sp³-hybridized carbons (Fsp3) is 0.357. The van der Waals surface area contributed by atoms with Crippen molar-refractivity contribution in [1.29, 1.82) is 0 Å². The molecule has 220 valence electrons. The Morgan fingerprint density at radius 2 is 1.88 bits per heavy atom. The number of hydrogen-bond acceptors (Lipinski definition) is 5. The summed E-state index contributed by atoms with van der Waals surface area (Å²) in [5.74, 6) is -1.31. The molecule has 0 radical (unpaired) electrons. The van der Waals surface area contributed by atoms with Gasteiger partial charge in [0.1, 0.15) is 12.0 Å². The van der Waals surface area contributed by atoms with E-state index in [2.05, 4.69) is 20.9 Å². The molecule has 0 aliphatic carbocycles. The van der Waals surface area contributed by atoms with Crippen LogP contribution < -0.4 is 38.1 Å². The molecule has 4 rings (SSSR count). The van der Waals surface area contributed by atoms with Crippen molar-refractivity contribution < 1.29 is 22.4 Å². The van der Waals surface area contributed by atoms with Crippen LogP contribution in [0.1, 0.15) is 42.0 Å². The van der Waals surface area contributed by atoms with E-state index in [1.54, 1.807) is 31.3 Å². The van der Waals surface area contributed by atoms with Crippen LogP contribution in [0.15, 0.2) is 59.2 Å². The highest BCUT2D eigenvalue weighted by atomic mass is 19.4. The third-order valence-corrected chi connectivity index (χ3v) is 6.67. The fourth-order valence-corrected chi connectivity index (χ4v) is 4.55. The lowest BCUT2D eigenvalue weighted by Crippen LogP contribution is -2.51. The standard InChI is InChI=1S/C28H34F4N8O/c1-16(33)3-4-18-11-21(24(29)22(12-18)28(30,31)32)23-13-19-15-40(27(41)39-25(19)38-23)20-7-5-17(6-8-20)14-36-9-2-10-37-26(34)35/h5-8,11-13,15-16,25,36,38H,2-4,9-10,14,33H2,1H3,(H,39,41)(H4,34,35,37)/t16-,25?/m1/s1. The summed E-state index contributed by atoms with van der Waals surface area (Å²) in [4.78, 5) is 18.2.